The third-order valence-corrected chi connectivity index (χ3v) is 6.18. The monoisotopic (exact) mass is 437 g/mol. The lowest BCUT2D eigenvalue weighted by Gasteiger charge is -2.25. The number of aliphatic hydroxyl groups is 1. The van der Waals surface area contributed by atoms with Crippen molar-refractivity contribution in [1.82, 2.24) is 4.90 Å². The van der Waals surface area contributed by atoms with Crippen molar-refractivity contribution in [3.63, 3.8) is 0 Å². The molecular weight excluding hydrogens is 417 g/mol. The number of aliphatic hydroxyl groups excluding tert-OH is 1. The van der Waals surface area contributed by atoms with E-state index in [1.54, 1.807) is 31.2 Å². The smallest absolute Gasteiger partial charge is 0.295 e. The number of halogens is 1. The van der Waals surface area contributed by atoms with Crippen LogP contribution in [0.25, 0.3) is 5.76 Å². The topological polar surface area (TPSA) is 66.8 Å². The van der Waals surface area contributed by atoms with Crippen LogP contribution in [0.2, 0.25) is 0 Å². The maximum atomic E-state index is 14.8. The standard InChI is InChI=1S/C24H20FNO4S/c1-14-12-15(9-10-19(14)30-2)22(27)20-21(17-7-3-4-8-18(17)25)26(24(29)23(20)28)13-16-6-5-11-31-16/h3-12,21,27H,13H2,1-2H3/b22-20+. The molecule has 0 radical (unpaired) electrons. The van der Waals surface area contributed by atoms with Crippen LogP contribution in [0.4, 0.5) is 4.39 Å². The van der Waals surface area contributed by atoms with Crippen molar-refractivity contribution in [2.45, 2.75) is 19.5 Å². The van der Waals surface area contributed by atoms with Gasteiger partial charge in [0.05, 0.1) is 25.3 Å². The molecule has 0 saturated carbocycles. The Kier molecular flexibility index (Phi) is 5.61. The number of hydrogen-bond donors (Lipinski definition) is 1. The van der Waals surface area contributed by atoms with E-state index in [-0.39, 0.29) is 23.4 Å². The molecular formula is C24H20FNO4S. The van der Waals surface area contributed by atoms with Crippen LogP contribution in [-0.4, -0.2) is 28.8 Å². The summed E-state index contributed by atoms with van der Waals surface area (Å²) in [5.74, 6) is -1.88. The number of carbonyl (C=O) groups excluding carboxylic acids is 2. The van der Waals surface area contributed by atoms with Crippen molar-refractivity contribution >= 4 is 28.8 Å². The number of Topliss-reactive ketones (excluding diaryl/α,β-unsaturated/α-hetero) is 1. The summed E-state index contributed by atoms with van der Waals surface area (Å²) < 4.78 is 20.0. The highest BCUT2D eigenvalue weighted by atomic mass is 32.1. The van der Waals surface area contributed by atoms with Crippen molar-refractivity contribution in [3.05, 3.63) is 92.9 Å². The summed E-state index contributed by atoms with van der Waals surface area (Å²) in [4.78, 5) is 28.1. The van der Waals surface area contributed by atoms with E-state index in [9.17, 15) is 19.1 Å². The number of ketones is 1. The largest absolute Gasteiger partial charge is 0.507 e. The van der Waals surface area contributed by atoms with Gasteiger partial charge in [0, 0.05) is 16.0 Å². The fraction of sp³-hybridized carbons (Fsp3) is 0.167. The van der Waals surface area contributed by atoms with E-state index in [0.717, 1.165) is 10.4 Å². The highest BCUT2D eigenvalue weighted by Crippen LogP contribution is 2.41. The van der Waals surface area contributed by atoms with E-state index < -0.39 is 23.5 Å². The summed E-state index contributed by atoms with van der Waals surface area (Å²) in [7, 11) is 1.54. The Bertz CT molecular complexity index is 1190. The number of ether oxygens (including phenoxy) is 1. The van der Waals surface area contributed by atoms with Crippen LogP contribution < -0.4 is 4.74 Å². The Balaban J connectivity index is 1.89. The van der Waals surface area contributed by atoms with Gasteiger partial charge in [0.15, 0.2) is 0 Å². The third-order valence-electron chi connectivity index (χ3n) is 5.31. The Hall–Kier alpha value is -3.45. The van der Waals surface area contributed by atoms with Gasteiger partial charge in [-0.05, 0) is 48.2 Å². The van der Waals surface area contributed by atoms with Crippen LogP contribution >= 0.6 is 11.3 Å². The molecule has 1 aliphatic rings. The molecule has 1 atom stereocenters. The molecule has 0 aliphatic carbocycles. The highest BCUT2D eigenvalue weighted by Gasteiger charge is 2.47. The molecule has 158 valence electrons. The molecule has 2 aromatic carbocycles. The number of hydrogen-bond acceptors (Lipinski definition) is 5. The average Bonchev–Trinajstić information content (AvgIpc) is 3.36. The van der Waals surface area contributed by atoms with E-state index in [4.69, 9.17) is 4.74 Å². The normalized spacial score (nSPS) is 17.9. The van der Waals surface area contributed by atoms with Crippen LogP contribution in [-0.2, 0) is 16.1 Å². The van der Waals surface area contributed by atoms with Gasteiger partial charge in [-0.3, -0.25) is 9.59 Å². The molecule has 5 nitrogen and oxygen atoms in total. The Morgan fingerprint density at radius 1 is 1.16 bits per heavy atom. The van der Waals surface area contributed by atoms with Gasteiger partial charge in [-0.2, -0.15) is 0 Å². The second kappa shape index (κ2) is 8.35. The lowest BCUT2D eigenvalue weighted by molar-refractivity contribution is -0.140. The van der Waals surface area contributed by atoms with Gasteiger partial charge in [-0.25, -0.2) is 4.39 Å². The van der Waals surface area contributed by atoms with Crippen molar-refractivity contribution in [1.29, 1.82) is 0 Å². The summed E-state index contributed by atoms with van der Waals surface area (Å²) in [6, 6.07) is 13.6. The summed E-state index contributed by atoms with van der Waals surface area (Å²) in [5, 5.41) is 12.9. The second-order valence-corrected chi connectivity index (χ2v) is 8.24. The molecule has 0 bridgehead atoms. The van der Waals surface area contributed by atoms with E-state index in [1.807, 2.05) is 17.5 Å². The molecule has 4 rings (SSSR count). The summed E-state index contributed by atoms with van der Waals surface area (Å²) in [6.45, 7) is 1.94. The number of methoxy groups -OCH3 is 1. The Morgan fingerprint density at radius 2 is 1.94 bits per heavy atom. The molecule has 1 aromatic heterocycles. The number of rotatable bonds is 5. The highest BCUT2D eigenvalue weighted by molar-refractivity contribution is 7.09. The van der Waals surface area contributed by atoms with Crippen molar-refractivity contribution in [2.75, 3.05) is 7.11 Å². The number of aryl methyl sites for hydroxylation is 1. The van der Waals surface area contributed by atoms with Crippen molar-refractivity contribution in [3.8, 4) is 5.75 Å². The zero-order valence-electron chi connectivity index (χ0n) is 17.0. The van der Waals surface area contributed by atoms with Crippen LogP contribution in [0.15, 0.2) is 65.6 Å². The van der Waals surface area contributed by atoms with Crippen molar-refractivity contribution < 1.29 is 23.8 Å². The first-order valence-corrected chi connectivity index (χ1v) is 10.5. The van der Waals surface area contributed by atoms with Gasteiger partial charge in [0.2, 0.25) is 0 Å². The first-order valence-electron chi connectivity index (χ1n) is 9.62. The fourth-order valence-corrected chi connectivity index (χ4v) is 4.52. The predicted octanol–water partition coefficient (Wildman–Crippen LogP) is 4.83. The average molecular weight is 437 g/mol. The van der Waals surface area contributed by atoms with Gasteiger partial charge >= 0.3 is 0 Å². The second-order valence-electron chi connectivity index (χ2n) is 7.21. The molecule has 1 fully saturated rings. The van der Waals surface area contributed by atoms with Gasteiger partial charge in [0.1, 0.15) is 17.3 Å². The van der Waals surface area contributed by atoms with Crippen LogP contribution in [0.1, 0.15) is 27.6 Å². The zero-order valence-corrected chi connectivity index (χ0v) is 17.8. The van der Waals surface area contributed by atoms with Crippen LogP contribution in [0.5, 0.6) is 5.75 Å². The molecule has 1 unspecified atom stereocenters. The Labute approximate surface area is 183 Å². The first-order chi connectivity index (χ1) is 14.9. The summed E-state index contributed by atoms with van der Waals surface area (Å²) >= 11 is 1.44. The number of thiophene rings is 1. The quantitative estimate of drug-likeness (QED) is 0.353. The molecule has 1 saturated heterocycles. The van der Waals surface area contributed by atoms with E-state index in [0.29, 0.717) is 11.3 Å². The molecule has 1 aliphatic heterocycles. The van der Waals surface area contributed by atoms with Gasteiger partial charge in [-0.15, -0.1) is 11.3 Å². The number of likely N-dealkylation sites (tertiary alicyclic amines) is 1. The molecule has 0 spiro atoms. The minimum absolute atomic E-state index is 0.128. The lowest BCUT2D eigenvalue weighted by Crippen LogP contribution is -2.29. The Morgan fingerprint density at radius 3 is 2.58 bits per heavy atom. The first kappa shape index (κ1) is 20.8. The molecule has 2 heterocycles. The van der Waals surface area contributed by atoms with Gasteiger partial charge in [0.25, 0.3) is 11.7 Å². The summed E-state index contributed by atoms with van der Waals surface area (Å²) in [5.41, 5.74) is 1.14. The molecule has 1 amide bonds. The zero-order chi connectivity index (χ0) is 22.1. The molecule has 1 N–H and O–H groups in total. The maximum Gasteiger partial charge on any atom is 0.295 e. The number of nitrogens with zero attached hydrogens (tertiary/aromatic N) is 1. The van der Waals surface area contributed by atoms with Crippen LogP contribution in [0, 0.1) is 12.7 Å². The maximum absolute atomic E-state index is 14.8. The number of benzene rings is 2. The predicted molar refractivity (Wildman–Crippen MR) is 116 cm³/mol. The summed E-state index contributed by atoms with van der Waals surface area (Å²) in [6.07, 6.45) is 0. The number of amides is 1. The van der Waals surface area contributed by atoms with E-state index in [2.05, 4.69) is 0 Å². The van der Waals surface area contributed by atoms with Crippen LogP contribution in [0.3, 0.4) is 0 Å². The third kappa shape index (κ3) is 3.72. The van der Waals surface area contributed by atoms with E-state index >= 15 is 0 Å². The lowest BCUT2D eigenvalue weighted by atomic mass is 9.94. The van der Waals surface area contributed by atoms with Gasteiger partial charge < -0.3 is 14.7 Å². The SMILES string of the molecule is COc1ccc(/C(O)=C2\C(=O)C(=O)N(Cc3cccs3)C2c2ccccc2F)cc1C. The molecule has 3 aromatic rings. The molecule has 31 heavy (non-hydrogen) atoms. The minimum Gasteiger partial charge on any atom is -0.507 e. The minimum atomic E-state index is -1.04. The van der Waals surface area contributed by atoms with Gasteiger partial charge in [-0.1, -0.05) is 24.3 Å². The molecule has 7 heteroatoms. The van der Waals surface area contributed by atoms with E-state index in [1.165, 1.54) is 41.5 Å². The van der Waals surface area contributed by atoms with Crippen molar-refractivity contribution in [2.24, 2.45) is 0 Å². The fourth-order valence-electron chi connectivity index (χ4n) is 3.81. The number of carbonyl (C=O) groups is 2.